The van der Waals surface area contributed by atoms with Crippen molar-refractivity contribution >= 4 is 0 Å². The van der Waals surface area contributed by atoms with Gasteiger partial charge >= 0.3 is 0 Å². The molecule has 0 aromatic heterocycles. The van der Waals surface area contributed by atoms with E-state index >= 15 is 0 Å². The van der Waals surface area contributed by atoms with E-state index in [1.54, 1.807) is 28.4 Å². The molecule has 4 rings (SSSR count). The zero-order chi connectivity index (χ0) is 26.0. The summed E-state index contributed by atoms with van der Waals surface area (Å²) in [4.78, 5) is 0. The Morgan fingerprint density at radius 3 is 1.62 bits per heavy atom. The topological polar surface area (TPSA) is 46.2 Å². The zero-order valence-corrected chi connectivity index (χ0v) is 22.0. The molecule has 0 heterocycles. The second-order valence-electron chi connectivity index (χ2n) is 8.80. The molecule has 0 atom stereocenters. The van der Waals surface area contributed by atoms with Gasteiger partial charge in [-0.3, -0.25) is 0 Å². The van der Waals surface area contributed by atoms with Gasteiger partial charge in [-0.1, -0.05) is 30.3 Å². The van der Waals surface area contributed by atoms with E-state index in [1.807, 2.05) is 48.5 Å². The van der Waals surface area contributed by atoms with Crippen LogP contribution in [0.4, 0.5) is 0 Å². The molecule has 192 valence electrons. The van der Waals surface area contributed by atoms with Crippen LogP contribution in [0.15, 0.2) is 84.9 Å². The van der Waals surface area contributed by atoms with Crippen LogP contribution in [0.1, 0.15) is 22.3 Å². The lowest BCUT2D eigenvalue weighted by molar-refractivity contribution is 0.378. The first-order chi connectivity index (χ1) is 18.1. The maximum atomic E-state index is 6.31. The summed E-state index contributed by atoms with van der Waals surface area (Å²) in [5.74, 6) is 4.67. The summed E-state index contributed by atoms with van der Waals surface area (Å²) in [5, 5.41) is 0. The molecule has 0 bridgehead atoms. The van der Waals surface area contributed by atoms with Crippen molar-refractivity contribution in [3.63, 3.8) is 0 Å². The Bertz CT molecular complexity index is 1270. The summed E-state index contributed by atoms with van der Waals surface area (Å²) in [7, 11) is 6.68. The predicted molar refractivity (Wildman–Crippen MR) is 147 cm³/mol. The summed E-state index contributed by atoms with van der Waals surface area (Å²) in [6.45, 7) is 0. The lowest BCUT2D eigenvalue weighted by Crippen LogP contribution is -1.97. The van der Waals surface area contributed by atoms with Gasteiger partial charge in [-0.05, 0) is 96.5 Å². The van der Waals surface area contributed by atoms with Crippen LogP contribution in [-0.2, 0) is 25.7 Å². The van der Waals surface area contributed by atoms with Gasteiger partial charge in [0.2, 0.25) is 0 Å². The van der Waals surface area contributed by atoms with E-state index in [0.717, 1.165) is 54.2 Å². The van der Waals surface area contributed by atoms with Crippen molar-refractivity contribution in [3.8, 4) is 34.5 Å². The molecular weight excluding hydrogens is 464 g/mol. The van der Waals surface area contributed by atoms with Gasteiger partial charge in [0, 0.05) is 6.07 Å². The molecule has 0 saturated carbocycles. The van der Waals surface area contributed by atoms with E-state index in [4.69, 9.17) is 23.7 Å². The summed E-state index contributed by atoms with van der Waals surface area (Å²) in [5.41, 5.74) is 4.80. The Labute approximate surface area is 219 Å². The normalized spacial score (nSPS) is 10.6. The van der Waals surface area contributed by atoms with Crippen molar-refractivity contribution in [3.05, 3.63) is 107 Å². The smallest absolute Gasteiger partial charge is 0.169 e. The SMILES string of the molecule is COc1ccc(CCc2ccc(OC)c(Oc3cccc(CCc4cc(OC)cc(OC)c4)c3)c2)cc1. The molecule has 0 aliphatic rings. The molecule has 37 heavy (non-hydrogen) atoms. The lowest BCUT2D eigenvalue weighted by atomic mass is 10.0. The van der Waals surface area contributed by atoms with Gasteiger partial charge in [0.05, 0.1) is 28.4 Å². The minimum Gasteiger partial charge on any atom is -0.497 e. The van der Waals surface area contributed by atoms with Crippen LogP contribution in [0.3, 0.4) is 0 Å². The van der Waals surface area contributed by atoms with E-state index < -0.39 is 0 Å². The minimum atomic E-state index is 0.710. The Morgan fingerprint density at radius 2 is 0.973 bits per heavy atom. The number of hydrogen-bond acceptors (Lipinski definition) is 5. The highest BCUT2D eigenvalue weighted by atomic mass is 16.5. The Balaban J connectivity index is 1.43. The molecule has 0 amide bonds. The van der Waals surface area contributed by atoms with E-state index in [-0.39, 0.29) is 0 Å². The highest BCUT2D eigenvalue weighted by Gasteiger charge is 2.09. The average Bonchev–Trinajstić information content (AvgIpc) is 2.95. The van der Waals surface area contributed by atoms with E-state index in [9.17, 15) is 0 Å². The molecule has 0 saturated heterocycles. The lowest BCUT2D eigenvalue weighted by Gasteiger charge is -2.13. The largest absolute Gasteiger partial charge is 0.497 e. The number of benzene rings is 4. The molecule has 4 aromatic carbocycles. The Morgan fingerprint density at radius 1 is 0.405 bits per heavy atom. The van der Waals surface area contributed by atoms with Crippen molar-refractivity contribution in [2.24, 2.45) is 0 Å². The van der Waals surface area contributed by atoms with E-state index in [2.05, 4.69) is 36.4 Å². The predicted octanol–water partition coefficient (Wildman–Crippen LogP) is 7.08. The fourth-order valence-electron chi connectivity index (χ4n) is 4.23. The molecule has 0 fully saturated rings. The first kappa shape index (κ1) is 26.0. The summed E-state index contributed by atoms with van der Waals surface area (Å²) in [6.07, 6.45) is 3.56. The van der Waals surface area contributed by atoms with Crippen LogP contribution in [-0.4, -0.2) is 28.4 Å². The zero-order valence-electron chi connectivity index (χ0n) is 22.0. The van der Waals surface area contributed by atoms with Crippen LogP contribution >= 0.6 is 0 Å². The first-order valence-electron chi connectivity index (χ1n) is 12.4. The number of ether oxygens (including phenoxy) is 5. The average molecular weight is 499 g/mol. The highest BCUT2D eigenvalue weighted by Crippen LogP contribution is 2.33. The molecule has 0 spiro atoms. The van der Waals surface area contributed by atoms with Gasteiger partial charge in [0.15, 0.2) is 11.5 Å². The second-order valence-corrected chi connectivity index (χ2v) is 8.80. The Kier molecular flexibility index (Phi) is 8.93. The van der Waals surface area contributed by atoms with Gasteiger partial charge < -0.3 is 23.7 Å². The van der Waals surface area contributed by atoms with Crippen LogP contribution < -0.4 is 23.7 Å². The van der Waals surface area contributed by atoms with Crippen molar-refractivity contribution < 1.29 is 23.7 Å². The molecule has 0 radical (unpaired) electrons. The van der Waals surface area contributed by atoms with Gasteiger partial charge in [-0.2, -0.15) is 0 Å². The van der Waals surface area contributed by atoms with E-state index in [0.29, 0.717) is 11.5 Å². The van der Waals surface area contributed by atoms with Crippen LogP contribution in [0.5, 0.6) is 34.5 Å². The fourth-order valence-corrected chi connectivity index (χ4v) is 4.23. The van der Waals surface area contributed by atoms with Crippen molar-refractivity contribution in [1.29, 1.82) is 0 Å². The van der Waals surface area contributed by atoms with Crippen molar-refractivity contribution in [2.45, 2.75) is 25.7 Å². The standard InChI is InChI=1S/C32H34O5/c1-33-27-15-12-23(13-16-27)8-9-25-14-17-31(36-4)32(21-25)37-28-7-5-6-24(18-28)10-11-26-19-29(34-2)22-30(20-26)35-3/h5-7,12-22H,8-11H2,1-4H3. The van der Waals surface area contributed by atoms with Gasteiger partial charge in [0.1, 0.15) is 23.0 Å². The van der Waals surface area contributed by atoms with E-state index in [1.165, 1.54) is 16.7 Å². The van der Waals surface area contributed by atoms with Gasteiger partial charge in [-0.25, -0.2) is 0 Å². The third-order valence-corrected chi connectivity index (χ3v) is 6.33. The Hall–Kier alpha value is -4.12. The number of hydrogen-bond donors (Lipinski definition) is 0. The molecule has 0 aliphatic heterocycles. The molecule has 4 aromatic rings. The maximum Gasteiger partial charge on any atom is 0.169 e. The maximum absolute atomic E-state index is 6.31. The molecule has 5 nitrogen and oxygen atoms in total. The quantitative estimate of drug-likeness (QED) is 0.209. The van der Waals surface area contributed by atoms with Crippen LogP contribution in [0.2, 0.25) is 0 Å². The molecule has 5 heteroatoms. The molecule has 0 unspecified atom stereocenters. The number of aryl methyl sites for hydroxylation is 4. The number of rotatable bonds is 12. The van der Waals surface area contributed by atoms with Gasteiger partial charge in [-0.15, -0.1) is 0 Å². The minimum absolute atomic E-state index is 0.710. The first-order valence-corrected chi connectivity index (χ1v) is 12.4. The summed E-state index contributed by atoms with van der Waals surface area (Å²) >= 11 is 0. The molecular formula is C32H34O5. The number of methoxy groups -OCH3 is 4. The van der Waals surface area contributed by atoms with Crippen LogP contribution in [0.25, 0.3) is 0 Å². The van der Waals surface area contributed by atoms with Crippen LogP contribution in [0, 0.1) is 0 Å². The van der Waals surface area contributed by atoms with Crippen molar-refractivity contribution in [2.75, 3.05) is 28.4 Å². The molecule has 0 N–H and O–H groups in total. The summed E-state index contributed by atoms with van der Waals surface area (Å²) < 4.78 is 27.9. The van der Waals surface area contributed by atoms with Crippen molar-refractivity contribution in [1.82, 2.24) is 0 Å². The third kappa shape index (κ3) is 7.20. The third-order valence-electron chi connectivity index (χ3n) is 6.33. The molecule has 0 aliphatic carbocycles. The summed E-state index contributed by atoms with van der Waals surface area (Å²) in [6, 6.07) is 28.5. The monoisotopic (exact) mass is 498 g/mol. The second kappa shape index (κ2) is 12.7. The fraction of sp³-hybridized carbons (Fsp3) is 0.250. The van der Waals surface area contributed by atoms with Gasteiger partial charge in [0.25, 0.3) is 0 Å². The highest BCUT2D eigenvalue weighted by molar-refractivity contribution is 5.46.